The first-order valence-corrected chi connectivity index (χ1v) is 7.71. The summed E-state index contributed by atoms with van der Waals surface area (Å²) in [5, 5.41) is 8.12. The minimum Gasteiger partial charge on any atom is -0.348 e. The van der Waals surface area contributed by atoms with Crippen LogP contribution in [-0.2, 0) is 0 Å². The van der Waals surface area contributed by atoms with Gasteiger partial charge in [0.1, 0.15) is 5.69 Å². The molecular weight excluding hydrogens is 310 g/mol. The van der Waals surface area contributed by atoms with Crippen LogP contribution in [0.1, 0.15) is 33.7 Å². The van der Waals surface area contributed by atoms with E-state index in [-0.39, 0.29) is 17.9 Å². The van der Waals surface area contributed by atoms with Gasteiger partial charge in [-0.2, -0.15) is 0 Å². The molecule has 108 valence electrons. The lowest BCUT2D eigenvalue weighted by atomic mass is 10.2. The van der Waals surface area contributed by atoms with E-state index >= 15 is 0 Å². The molecule has 0 radical (unpaired) electrons. The van der Waals surface area contributed by atoms with E-state index in [0.29, 0.717) is 21.4 Å². The van der Waals surface area contributed by atoms with Gasteiger partial charge in [0.15, 0.2) is 5.13 Å². The zero-order valence-electron chi connectivity index (χ0n) is 10.9. The molecule has 0 aliphatic heterocycles. The van der Waals surface area contributed by atoms with Crippen LogP contribution in [0.5, 0.6) is 0 Å². The summed E-state index contributed by atoms with van der Waals surface area (Å²) in [5.41, 5.74) is 0.817. The smallest absolute Gasteiger partial charge is 0.271 e. The number of nitrogens with one attached hydrogen (secondary N) is 2. The third-order valence-electron chi connectivity index (χ3n) is 2.98. The highest BCUT2D eigenvalue weighted by Gasteiger charge is 2.24. The fraction of sp³-hybridized carbons (Fsp3) is 0.214. The van der Waals surface area contributed by atoms with Gasteiger partial charge in [0, 0.05) is 22.0 Å². The molecule has 0 spiro atoms. The second kappa shape index (κ2) is 5.83. The molecule has 0 atom stereocenters. The van der Waals surface area contributed by atoms with Crippen LogP contribution < -0.4 is 10.6 Å². The number of anilines is 1. The van der Waals surface area contributed by atoms with E-state index in [0.717, 1.165) is 12.8 Å². The first-order chi connectivity index (χ1) is 10.1. The Morgan fingerprint density at radius 1 is 1.19 bits per heavy atom. The lowest BCUT2D eigenvalue weighted by molar-refractivity contribution is 0.0945. The highest BCUT2D eigenvalue weighted by molar-refractivity contribution is 7.14. The summed E-state index contributed by atoms with van der Waals surface area (Å²) >= 11 is 7.00. The van der Waals surface area contributed by atoms with E-state index in [9.17, 15) is 9.59 Å². The van der Waals surface area contributed by atoms with E-state index in [1.807, 2.05) is 0 Å². The standard InChI is InChI=1S/C14H12ClN3O2S/c15-9-3-1-8(2-4-9)12(19)18-14-17-11(7-21-14)13(20)16-10-5-6-10/h1-4,7,10H,5-6H2,(H,16,20)(H,17,18,19). The predicted molar refractivity (Wildman–Crippen MR) is 82.0 cm³/mol. The number of hydrogen-bond donors (Lipinski definition) is 2. The van der Waals surface area contributed by atoms with Gasteiger partial charge in [0.25, 0.3) is 11.8 Å². The number of rotatable bonds is 4. The molecule has 2 N–H and O–H groups in total. The van der Waals surface area contributed by atoms with E-state index in [1.54, 1.807) is 29.6 Å². The molecule has 1 heterocycles. The van der Waals surface area contributed by atoms with Crippen LogP contribution in [0.2, 0.25) is 5.02 Å². The van der Waals surface area contributed by atoms with E-state index in [2.05, 4.69) is 15.6 Å². The van der Waals surface area contributed by atoms with Crippen molar-refractivity contribution in [2.75, 3.05) is 5.32 Å². The van der Waals surface area contributed by atoms with E-state index < -0.39 is 0 Å². The van der Waals surface area contributed by atoms with Crippen molar-refractivity contribution >= 4 is 39.9 Å². The van der Waals surface area contributed by atoms with Gasteiger partial charge in [-0.25, -0.2) is 4.98 Å². The summed E-state index contributed by atoms with van der Waals surface area (Å²) in [6, 6.07) is 6.84. The number of halogens is 1. The number of carbonyl (C=O) groups is 2. The topological polar surface area (TPSA) is 71.1 Å². The molecule has 0 bridgehead atoms. The normalized spacial score (nSPS) is 13.8. The minimum atomic E-state index is -0.282. The average molecular weight is 322 g/mol. The summed E-state index contributed by atoms with van der Waals surface area (Å²) in [4.78, 5) is 27.9. The first kappa shape index (κ1) is 14.0. The van der Waals surface area contributed by atoms with Crippen molar-refractivity contribution in [1.29, 1.82) is 0 Å². The molecule has 5 nitrogen and oxygen atoms in total. The third-order valence-corrected chi connectivity index (χ3v) is 3.99. The third kappa shape index (κ3) is 3.59. The van der Waals surface area contributed by atoms with Crippen molar-refractivity contribution < 1.29 is 9.59 Å². The fourth-order valence-electron chi connectivity index (χ4n) is 1.69. The van der Waals surface area contributed by atoms with Gasteiger partial charge in [-0.1, -0.05) is 11.6 Å². The SMILES string of the molecule is O=C(Nc1nc(C(=O)NC2CC2)cs1)c1ccc(Cl)cc1. The van der Waals surface area contributed by atoms with Crippen molar-refractivity contribution in [3.05, 3.63) is 45.9 Å². The number of thiazole rings is 1. The molecule has 0 unspecified atom stereocenters. The Labute approximate surface area is 130 Å². The Morgan fingerprint density at radius 2 is 1.90 bits per heavy atom. The van der Waals surface area contributed by atoms with Crippen LogP contribution in [0.3, 0.4) is 0 Å². The van der Waals surface area contributed by atoms with Gasteiger partial charge in [-0.15, -0.1) is 11.3 Å². The molecule has 1 saturated carbocycles. The number of carbonyl (C=O) groups excluding carboxylic acids is 2. The molecule has 7 heteroatoms. The van der Waals surface area contributed by atoms with Gasteiger partial charge in [-0.3, -0.25) is 14.9 Å². The molecule has 21 heavy (non-hydrogen) atoms. The first-order valence-electron chi connectivity index (χ1n) is 6.45. The molecule has 0 saturated heterocycles. The quantitative estimate of drug-likeness (QED) is 0.909. The van der Waals surface area contributed by atoms with Crippen molar-refractivity contribution in [3.8, 4) is 0 Å². The van der Waals surface area contributed by atoms with Crippen LogP contribution in [0.25, 0.3) is 0 Å². The second-order valence-corrected chi connectivity index (χ2v) is 6.04. The van der Waals surface area contributed by atoms with Crippen LogP contribution in [-0.4, -0.2) is 22.8 Å². The largest absolute Gasteiger partial charge is 0.348 e. The predicted octanol–water partition coefficient (Wildman–Crippen LogP) is 2.94. The van der Waals surface area contributed by atoms with Gasteiger partial charge in [-0.05, 0) is 37.1 Å². The lowest BCUT2D eigenvalue weighted by Gasteiger charge is -2.01. The van der Waals surface area contributed by atoms with Crippen LogP contribution in [0.15, 0.2) is 29.6 Å². The summed E-state index contributed by atoms with van der Waals surface area (Å²) in [7, 11) is 0. The Bertz CT molecular complexity index is 680. The zero-order valence-corrected chi connectivity index (χ0v) is 12.5. The number of aromatic nitrogens is 1. The molecule has 1 aromatic heterocycles. The van der Waals surface area contributed by atoms with Gasteiger partial charge < -0.3 is 5.32 Å². The fourth-order valence-corrected chi connectivity index (χ4v) is 2.50. The molecule has 3 rings (SSSR count). The van der Waals surface area contributed by atoms with Crippen molar-refractivity contribution in [2.24, 2.45) is 0 Å². The maximum Gasteiger partial charge on any atom is 0.271 e. The van der Waals surface area contributed by atoms with Crippen LogP contribution in [0, 0.1) is 0 Å². The average Bonchev–Trinajstić information content (AvgIpc) is 3.15. The Morgan fingerprint density at radius 3 is 2.57 bits per heavy atom. The Hall–Kier alpha value is -1.92. The number of nitrogens with zero attached hydrogens (tertiary/aromatic N) is 1. The second-order valence-electron chi connectivity index (χ2n) is 4.75. The van der Waals surface area contributed by atoms with Crippen LogP contribution in [0.4, 0.5) is 5.13 Å². The molecule has 1 aromatic carbocycles. The van der Waals surface area contributed by atoms with Crippen molar-refractivity contribution in [3.63, 3.8) is 0 Å². The molecule has 1 aliphatic rings. The summed E-state index contributed by atoms with van der Waals surface area (Å²) in [5.74, 6) is -0.476. The van der Waals surface area contributed by atoms with Gasteiger partial charge in [0.2, 0.25) is 0 Å². The monoisotopic (exact) mass is 321 g/mol. The van der Waals surface area contributed by atoms with Gasteiger partial charge >= 0.3 is 0 Å². The molecular formula is C14H12ClN3O2S. The number of amides is 2. The zero-order chi connectivity index (χ0) is 14.8. The Balaban J connectivity index is 1.64. The summed E-state index contributed by atoms with van der Waals surface area (Å²) < 4.78 is 0. The van der Waals surface area contributed by atoms with Crippen molar-refractivity contribution in [2.45, 2.75) is 18.9 Å². The minimum absolute atomic E-state index is 0.194. The molecule has 2 amide bonds. The highest BCUT2D eigenvalue weighted by Crippen LogP contribution is 2.21. The maximum atomic E-state index is 12.0. The highest BCUT2D eigenvalue weighted by atomic mass is 35.5. The lowest BCUT2D eigenvalue weighted by Crippen LogP contribution is -2.25. The molecule has 2 aromatic rings. The van der Waals surface area contributed by atoms with Gasteiger partial charge in [0.05, 0.1) is 0 Å². The maximum absolute atomic E-state index is 12.0. The number of hydrogen-bond acceptors (Lipinski definition) is 4. The summed E-state index contributed by atoms with van der Waals surface area (Å²) in [6.45, 7) is 0. The van der Waals surface area contributed by atoms with E-state index in [4.69, 9.17) is 11.6 Å². The molecule has 1 fully saturated rings. The van der Waals surface area contributed by atoms with Crippen molar-refractivity contribution in [1.82, 2.24) is 10.3 Å². The number of benzene rings is 1. The van der Waals surface area contributed by atoms with E-state index in [1.165, 1.54) is 11.3 Å². The molecule has 1 aliphatic carbocycles. The Kier molecular flexibility index (Phi) is 3.90. The summed E-state index contributed by atoms with van der Waals surface area (Å²) in [6.07, 6.45) is 2.05. The van der Waals surface area contributed by atoms with Crippen LogP contribution >= 0.6 is 22.9 Å².